The Hall–Kier alpha value is -2.09. The summed E-state index contributed by atoms with van der Waals surface area (Å²) in [5, 5.41) is 43.3. The quantitative estimate of drug-likeness (QED) is 0.578. The number of rotatable bonds is 2. The number of hydrogen-bond acceptors (Lipinski definition) is 9. The number of nitriles is 1. The average Bonchev–Trinajstić information content (AvgIpc) is 3.34. The van der Waals surface area contributed by atoms with Crippen LogP contribution in [0.25, 0.3) is 0 Å². The minimum atomic E-state index is -0.598. The van der Waals surface area contributed by atoms with Crippen LogP contribution < -0.4 is 4.74 Å². The molecule has 9 heteroatoms. The fourth-order valence-electron chi connectivity index (χ4n) is 7.49. The first-order chi connectivity index (χ1) is 15.0. The number of fused-ring (bicyclic) bond motifs is 6. The SMILES string of the molecule is COc1c(C)c(O)c2c(c1O)[C@@H](CO)N1[C@H]3[C@@H]4[C@@H](C[C@H]([C@H]1C#N)N4C)[C@@H]1OCCN1[C@@H]23. The van der Waals surface area contributed by atoms with Crippen molar-refractivity contribution in [2.45, 2.75) is 55.8 Å². The number of phenols is 2. The normalized spacial score (nSPS) is 41.0. The largest absolute Gasteiger partial charge is 0.507 e. The third-order valence-corrected chi connectivity index (χ3v) is 8.55. The first kappa shape index (κ1) is 19.6. The number of nitrogens with zero attached hydrogens (tertiary/aromatic N) is 4. The molecule has 2 bridgehead atoms. The molecule has 6 rings (SSSR count). The Morgan fingerprint density at radius 1 is 1.23 bits per heavy atom. The van der Waals surface area contributed by atoms with Crippen molar-refractivity contribution in [3.05, 3.63) is 16.7 Å². The molecule has 0 unspecified atom stereocenters. The van der Waals surface area contributed by atoms with Gasteiger partial charge in [-0.05, 0) is 20.4 Å². The molecule has 1 aromatic rings. The van der Waals surface area contributed by atoms with Crippen LogP contribution in [0.3, 0.4) is 0 Å². The van der Waals surface area contributed by atoms with Crippen LogP contribution in [-0.2, 0) is 4.74 Å². The van der Waals surface area contributed by atoms with E-state index in [1.165, 1.54) is 7.11 Å². The van der Waals surface area contributed by atoms with Gasteiger partial charge in [0, 0.05) is 47.3 Å². The summed E-state index contributed by atoms with van der Waals surface area (Å²) in [6, 6.07) is 1.30. The van der Waals surface area contributed by atoms with Crippen molar-refractivity contribution in [3.63, 3.8) is 0 Å². The molecular formula is C22H28N4O5. The molecule has 0 spiro atoms. The number of aromatic hydroxyl groups is 2. The number of aliphatic hydroxyl groups excluding tert-OH is 1. The van der Waals surface area contributed by atoms with Crippen molar-refractivity contribution < 1.29 is 24.8 Å². The van der Waals surface area contributed by atoms with Crippen LogP contribution in [0, 0.1) is 24.2 Å². The Morgan fingerprint density at radius 3 is 2.68 bits per heavy atom. The zero-order valence-electron chi connectivity index (χ0n) is 17.9. The van der Waals surface area contributed by atoms with E-state index in [1.54, 1.807) is 6.92 Å². The molecule has 5 aliphatic rings. The van der Waals surface area contributed by atoms with E-state index in [0.29, 0.717) is 23.3 Å². The highest BCUT2D eigenvalue weighted by atomic mass is 16.5. The third-order valence-electron chi connectivity index (χ3n) is 8.55. The highest BCUT2D eigenvalue weighted by molar-refractivity contribution is 5.65. The van der Waals surface area contributed by atoms with E-state index < -0.39 is 12.1 Å². The van der Waals surface area contributed by atoms with Crippen molar-refractivity contribution >= 4 is 0 Å². The number of ether oxygens (including phenoxy) is 2. The second-order valence-corrected chi connectivity index (χ2v) is 9.46. The Labute approximate surface area is 181 Å². The molecule has 31 heavy (non-hydrogen) atoms. The minimum absolute atomic E-state index is 0.0275. The van der Waals surface area contributed by atoms with E-state index >= 15 is 0 Å². The van der Waals surface area contributed by atoms with Gasteiger partial charge in [0.2, 0.25) is 0 Å². The molecule has 5 heterocycles. The molecule has 5 aliphatic heterocycles. The maximum atomic E-state index is 11.3. The molecule has 3 N–H and O–H groups in total. The van der Waals surface area contributed by atoms with Gasteiger partial charge in [0.1, 0.15) is 18.0 Å². The highest BCUT2D eigenvalue weighted by Gasteiger charge is 2.68. The van der Waals surface area contributed by atoms with Crippen molar-refractivity contribution in [2.75, 3.05) is 33.9 Å². The number of piperazine rings is 1. The van der Waals surface area contributed by atoms with Gasteiger partial charge < -0.3 is 24.8 Å². The molecule has 0 radical (unpaired) electrons. The lowest BCUT2D eigenvalue weighted by atomic mass is 9.72. The van der Waals surface area contributed by atoms with E-state index in [-0.39, 0.29) is 60.2 Å². The van der Waals surface area contributed by atoms with Gasteiger partial charge in [-0.15, -0.1) is 0 Å². The Bertz CT molecular complexity index is 995. The monoisotopic (exact) mass is 428 g/mol. The third kappa shape index (κ3) is 2.12. The van der Waals surface area contributed by atoms with Gasteiger partial charge in [-0.1, -0.05) is 0 Å². The summed E-state index contributed by atoms with van der Waals surface area (Å²) in [7, 11) is 3.54. The molecule has 9 nitrogen and oxygen atoms in total. The smallest absolute Gasteiger partial charge is 0.167 e. The van der Waals surface area contributed by atoms with Crippen molar-refractivity contribution in [1.29, 1.82) is 5.26 Å². The summed E-state index contributed by atoms with van der Waals surface area (Å²) in [4.78, 5) is 6.73. The van der Waals surface area contributed by atoms with Crippen LogP contribution in [0.4, 0.5) is 0 Å². The number of hydrogen-bond donors (Lipinski definition) is 3. The number of piperidine rings is 1. The molecule has 8 atom stereocenters. The second kappa shape index (κ2) is 6.47. The molecule has 0 aliphatic carbocycles. The summed E-state index contributed by atoms with van der Waals surface area (Å²) >= 11 is 0. The first-order valence-corrected chi connectivity index (χ1v) is 11.0. The average molecular weight is 428 g/mol. The molecule has 4 fully saturated rings. The zero-order chi connectivity index (χ0) is 21.8. The van der Waals surface area contributed by atoms with Gasteiger partial charge in [-0.3, -0.25) is 14.7 Å². The van der Waals surface area contributed by atoms with E-state index in [0.717, 1.165) is 13.0 Å². The second-order valence-electron chi connectivity index (χ2n) is 9.46. The molecule has 1 aromatic carbocycles. The van der Waals surface area contributed by atoms with Gasteiger partial charge in [0.05, 0.1) is 38.5 Å². The molecular weight excluding hydrogens is 400 g/mol. The Kier molecular flexibility index (Phi) is 4.08. The predicted molar refractivity (Wildman–Crippen MR) is 109 cm³/mol. The topological polar surface area (TPSA) is 113 Å². The molecule has 4 saturated heterocycles. The lowest BCUT2D eigenvalue weighted by Crippen LogP contribution is -2.72. The first-order valence-electron chi connectivity index (χ1n) is 11.0. The van der Waals surface area contributed by atoms with E-state index in [2.05, 4.69) is 27.8 Å². The summed E-state index contributed by atoms with van der Waals surface area (Å²) in [5.74, 6) is 0.498. The van der Waals surface area contributed by atoms with Crippen LogP contribution in [0.5, 0.6) is 17.2 Å². The minimum Gasteiger partial charge on any atom is -0.507 e. The maximum Gasteiger partial charge on any atom is 0.167 e. The summed E-state index contributed by atoms with van der Waals surface area (Å²) in [6.07, 6.45) is 0.773. The molecule has 166 valence electrons. The molecule has 0 amide bonds. The van der Waals surface area contributed by atoms with E-state index in [9.17, 15) is 20.6 Å². The van der Waals surface area contributed by atoms with Crippen LogP contribution in [-0.4, -0.2) is 94.3 Å². The van der Waals surface area contributed by atoms with Gasteiger partial charge in [0.25, 0.3) is 0 Å². The highest BCUT2D eigenvalue weighted by Crippen LogP contribution is 2.62. The Morgan fingerprint density at radius 2 is 2.00 bits per heavy atom. The number of methoxy groups -OCH3 is 1. The van der Waals surface area contributed by atoms with E-state index in [4.69, 9.17) is 9.47 Å². The van der Waals surface area contributed by atoms with Crippen LogP contribution >= 0.6 is 0 Å². The number of phenolic OH excluding ortho intramolecular Hbond substituents is 2. The van der Waals surface area contributed by atoms with Crippen LogP contribution in [0.2, 0.25) is 0 Å². The number of likely N-dealkylation sites (N-methyl/N-ethyl adjacent to an activating group) is 1. The van der Waals surface area contributed by atoms with Crippen molar-refractivity contribution in [2.24, 2.45) is 5.92 Å². The van der Waals surface area contributed by atoms with Gasteiger partial charge in [0.15, 0.2) is 11.5 Å². The van der Waals surface area contributed by atoms with Gasteiger partial charge in [-0.25, -0.2) is 0 Å². The van der Waals surface area contributed by atoms with Crippen molar-refractivity contribution in [3.8, 4) is 23.3 Å². The van der Waals surface area contributed by atoms with Gasteiger partial charge >= 0.3 is 0 Å². The number of benzene rings is 1. The van der Waals surface area contributed by atoms with Crippen LogP contribution in [0.1, 0.15) is 35.2 Å². The Balaban J connectivity index is 1.68. The van der Waals surface area contributed by atoms with Gasteiger partial charge in [-0.2, -0.15) is 5.26 Å². The lowest BCUT2D eigenvalue weighted by molar-refractivity contribution is -0.153. The summed E-state index contributed by atoms with van der Waals surface area (Å²) < 4.78 is 11.6. The molecule has 0 saturated carbocycles. The fourth-order valence-corrected chi connectivity index (χ4v) is 7.49. The fraction of sp³-hybridized carbons (Fsp3) is 0.682. The van der Waals surface area contributed by atoms with Crippen LogP contribution in [0.15, 0.2) is 0 Å². The summed E-state index contributed by atoms with van der Waals surface area (Å²) in [6.45, 7) is 2.81. The standard InChI is InChI=1S/C22H28N4O5/c1-9-19(28)15-14(20(29)21(9)30-3)13(8-27)26-12(7-23)11-6-10-16(24(11)2)18(26)17(15)25-4-5-31-22(10)25/h10-13,16-18,22,27-29H,4-6,8H2,1-3H3/t10-,11-,12-,13-,16+,17+,18+,22+/m1/s1. The molecule has 0 aromatic heterocycles. The van der Waals surface area contributed by atoms with E-state index in [1.807, 2.05) is 0 Å². The summed E-state index contributed by atoms with van der Waals surface area (Å²) in [5.41, 5.74) is 1.59. The lowest BCUT2D eigenvalue weighted by Gasteiger charge is -2.61. The number of aliphatic hydroxyl groups is 1. The predicted octanol–water partition coefficient (Wildman–Crippen LogP) is 0.440. The maximum absolute atomic E-state index is 11.3. The van der Waals surface area contributed by atoms with Crippen molar-refractivity contribution in [1.82, 2.24) is 14.7 Å². The zero-order valence-corrected chi connectivity index (χ0v) is 17.9.